The van der Waals surface area contributed by atoms with Crippen molar-refractivity contribution in [3.63, 3.8) is 0 Å². The Morgan fingerprint density at radius 1 is 1.21 bits per heavy atom. The fourth-order valence-electron chi connectivity index (χ4n) is 2.76. The molecule has 108 valence electrons. The van der Waals surface area contributed by atoms with Crippen LogP contribution in [0.1, 0.15) is 42.8 Å². The second-order valence-electron chi connectivity index (χ2n) is 5.16. The zero-order valence-electron chi connectivity index (χ0n) is 11.7. The molecule has 0 aromatic carbocycles. The quantitative estimate of drug-likeness (QED) is 0.866. The maximum absolute atomic E-state index is 12.5. The highest BCUT2D eigenvalue weighted by Gasteiger charge is 2.29. The maximum Gasteiger partial charge on any atom is 0.244 e. The van der Waals surface area contributed by atoms with Crippen LogP contribution in [0.3, 0.4) is 0 Å². The Kier molecular flexibility index (Phi) is 4.32. The predicted molar refractivity (Wildman–Crippen MR) is 73.5 cm³/mol. The number of furan rings is 1. The van der Waals surface area contributed by atoms with Gasteiger partial charge < -0.3 is 9.73 Å². The van der Waals surface area contributed by atoms with Gasteiger partial charge in [-0.3, -0.25) is 0 Å². The molecule has 1 aliphatic carbocycles. The first-order chi connectivity index (χ1) is 8.95. The third-order valence-electron chi connectivity index (χ3n) is 3.62. The van der Waals surface area contributed by atoms with E-state index in [4.69, 9.17) is 4.42 Å². The molecule has 19 heavy (non-hydrogen) atoms. The Morgan fingerprint density at radius 3 is 2.42 bits per heavy atom. The van der Waals surface area contributed by atoms with Gasteiger partial charge in [0.05, 0.1) is 0 Å². The smallest absolute Gasteiger partial charge is 0.244 e. The first-order valence-electron chi connectivity index (χ1n) is 6.71. The Hall–Kier alpha value is -0.850. The first-order valence-corrected chi connectivity index (χ1v) is 8.20. The van der Waals surface area contributed by atoms with Crippen LogP contribution >= 0.6 is 0 Å². The standard InChI is InChI=1S/C13H22N2O3S/c1-9-12(8-14-3)13(10(2)18-9)19(16,17)15-11-6-4-5-7-11/h11,14-15H,4-8H2,1-3H3. The Bertz CT molecular complexity index is 542. The molecule has 0 saturated heterocycles. The fourth-order valence-corrected chi connectivity index (χ4v) is 4.52. The van der Waals surface area contributed by atoms with Crippen molar-refractivity contribution in [2.24, 2.45) is 0 Å². The molecule has 2 N–H and O–H groups in total. The molecule has 0 atom stereocenters. The normalized spacial score (nSPS) is 17.2. The number of rotatable bonds is 5. The fraction of sp³-hybridized carbons (Fsp3) is 0.692. The number of aryl methyl sites for hydroxylation is 2. The average molecular weight is 286 g/mol. The SMILES string of the molecule is CNCc1c(C)oc(C)c1S(=O)(=O)NC1CCCC1. The number of sulfonamides is 1. The van der Waals surface area contributed by atoms with Crippen molar-refractivity contribution in [2.45, 2.75) is 57.0 Å². The molecule has 0 amide bonds. The van der Waals surface area contributed by atoms with E-state index < -0.39 is 10.0 Å². The van der Waals surface area contributed by atoms with Crippen molar-refractivity contribution in [2.75, 3.05) is 7.05 Å². The van der Waals surface area contributed by atoms with Gasteiger partial charge in [-0.15, -0.1) is 0 Å². The first kappa shape index (κ1) is 14.6. The van der Waals surface area contributed by atoms with Gasteiger partial charge in [0.15, 0.2) is 0 Å². The lowest BCUT2D eigenvalue weighted by Gasteiger charge is -2.13. The summed E-state index contributed by atoms with van der Waals surface area (Å²) in [7, 11) is -1.70. The molecule has 0 radical (unpaired) electrons. The van der Waals surface area contributed by atoms with Crippen LogP contribution in [-0.2, 0) is 16.6 Å². The monoisotopic (exact) mass is 286 g/mol. The molecule has 1 heterocycles. The highest BCUT2D eigenvalue weighted by atomic mass is 32.2. The van der Waals surface area contributed by atoms with Crippen LogP contribution in [0.5, 0.6) is 0 Å². The summed E-state index contributed by atoms with van der Waals surface area (Å²) in [5, 5.41) is 2.99. The molecule has 1 fully saturated rings. The summed E-state index contributed by atoms with van der Waals surface area (Å²) in [6, 6.07) is 0.0713. The van der Waals surface area contributed by atoms with Gasteiger partial charge in [-0.05, 0) is 33.7 Å². The molecule has 1 aliphatic rings. The number of hydrogen-bond donors (Lipinski definition) is 2. The molecule has 0 spiro atoms. The van der Waals surface area contributed by atoms with E-state index in [1.807, 2.05) is 0 Å². The van der Waals surface area contributed by atoms with Gasteiger partial charge in [-0.1, -0.05) is 12.8 Å². The molecule has 6 heteroatoms. The highest BCUT2D eigenvalue weighted by molar-refractivity contribution is 7.89. The maximum atomic E-state index is 12.5. The minimum absolute atomic E-state index is 0.0713. The van der Waals surface area contributed by atoms with Crippen LogP contribution in [0.15, 0.2) is 9.31 Å². The lowest BCUT2D eigenvalue weighted by molar-refractivity contribution is 0.492. The molecule has 1 saturated carbocycles. The van der Waals surface area contributed by atoms with Gasteiger partial charge in [0.2, 0.25) is 10.0 Å². The summed E-state index contributed by atoms with van der Waals surface area (Å²) < 4.78 is 33.3. The van der Waals surface area contributed by atoms with Gasteiger partial charge in [0.25, 0.3) is 0 Å². The summed E-state index contributed by atoms with van der Waals surface area (Å²) in [5.41, 5.74) is 0.727. The summed E-state index contributed by atoms with van der Waals surface area (Å²) >= 11 is 0. The molecule has 0 unspecified atom stereocenters. The van der Waals surface area contributed by atoms with E-state index in [0.29, 0.717) is 23.0 Å². The highest BCUT2D eigenvalue weighted by Crippen LogP contribution is 2.28. The van der Waals surface area contributed by atoms with E-state index in [0.717, 1.165) is 31.2 Å². The van der Waals surface area contributed by atoms with Gasteiger partial charge in [0.1, 0.15) is 16.4 Å². The second-order valence-corrected chi connectivity index (χ2v) is 6.81. The molecule has 1 aromatic rings. The van der Waals surface area contributed by atoms with Crippen molar-refractivity contribution in [3.8, 4) is 0 Å². The lowest BCUT2D eigenvalue weighted by Crippen LogP contribution is -2.33. The Balaban J connectivity index is 2.33. The molecule has 1 aromatic heterocycles. The van der Waals surface area contributed by atoms with Gasteiger partial charge in [-0.2, -0.15) is 0 Å². The van der Waals surface area contributed by atoms with Crippen molar-refractivity contribution < 1.29 is 12.8 Å². The van der Waals surface area contributed by atoms with Crippen LogP contribution < -0.4 is 10.0 Å². The van der Waals surface area contributed by atoms with Crippen LogP contribution in [0.4, 0.5) is 0 Å². The van der Waals surface area contributed by atoms with Gasteiger partial charge >= 0.3 is 0 Å². The van der Waals surface area contributed by atoms with Crippen molar-refractivity contribution >= 4 is 10.0 Å². The summed E-state index contributed by atoms with van der Waals surface area (Å²) in [6.45, 7) is 3.99. The van der Waals surface area contributed by atoms with Crippen molar-refractivity contribution in [1.82, 2.24) is 10.0 Å². The lowest BCUT2D eigenvalue weighted by atomic mass is 10.2. The summed E-state index contributed by atoms with van der Waals surface area (Å²) in [6.07, 6.45) is 4.05. The zero-order chi connectivity index (χ0) is 14.0. The van der Waals surface area contributed by atoms with Crippen molar-refractivity contribution in [3.05, 3.63) is 17.1 Å². The van der Waals surface area contributed by atoms with Crippen LogP contribution in [0, 0.1) is 13.8 Å². The molecule has 5 nitrogen and oxygen atoms in total. The summed E-state index contributed by atoms with van der Waals surface area (Å²) in [5.74, 6) is 1.13. The second kappa shape index (κ2) is 5.64. The molecular weight excluding hydrogens is 264 g/mol. The predicted octanol–water partition coefficient (Wildman–Crippen LogP) is 1.84. The molecular formula is C13H22N2O3S. The Labute approximate surface area is 114 Å². The van der Waals surface area contributed by atoms with Crippen molar-refractivity contribution in [1.29, 1.82) is 0 Å². The summed E-state index contributed by atoms with van der Waals surface area (Å²) in [4.78, 5) is 0.311. The van der Waals surface area contributed by atoms with E-state index in [9.17, 15) is 8.42 Å². The van der Waals surface area contributed by atoms with E-state index in [1.54, 1.807) is 20.9 Å². The number of hydrogen-bond acceptors (Lipinski definition) is 4. The molecule has 2 rings (SSSR count). The third kappa shape index (κ3) is 3.01. The topological polar surface area (TPSA) is 71.3 Å². The third-order valence-corrected chi connectivity index (χ3v) is 5.34. The van der Waals surface area contributed by atoms with Crippen LogP contribution in [0.25, 0.3) is 0 Å². The minimum Gasteiger partial charge on any atom is -0.465 e. The van der Waals surface area contributed by atoms with Gasteiger partial charge in [0, 0.05) is 18.2 Å². The van der Waals surface area contributed by atoms with Gasteiger partial charge in [-0.25, -0.2) is 13.1 Å². The minimum atomic E-state index is -3.49. The van der Waals surface area contributed by atoms with E-state index in [1.165, 1.54) is 0 Å². The zero-order valence-corrected chi connectivity index (χ0v) is 12.6. The van der Waals surface area contributed by atoms with Crippen LogP contribution in [-0.4, -0.2) is 21.5 Å². The number of nitrogens with one attached hydrogen (secondary N) is 2. The van der Waals surface area contributed by atoms with Crippen LogP contribution in [0.2, 0.25) is 0 Å². The molecule has 0 bridgehead atoms. The Morgan fingerprint density at radius 2 is 1.84 bits per heavy atom. The largest absolute Gasteiger partial charge is 0.465 e. The van der Waals surface area contributed by atoms with E-state index in [-0.39, 0.29) is 6.04 Å². The average Bonchev–Trinajstić information content (AvgIpc) is 2.88. The van der Waals surface area contributed by atoms with E-state index in [2.05, 4.69) is 10.0 Å². The van der Waals surface area contributed by atoms with E-state index >= 15 is 0 Å². The molecule has 0 aliphatic heterocycles.